The summed E-state index contributed by atoms with van der Waals surface area (Å²) < 4.78 is 28.2. The summed E-state index contributed by atoms with van der Waals surface area (Å²) in [4.78, 5) is 17.4. The minimum Gasteiger partial charge on any atom is -0.345 e. The van der Waals surface area contributed by atoms with Crippen LogP contribution in [0.15, 0.2) is 41.3 Å². The van der Waals surface area contributed by atoms with Gasteiger partial charge in [-0.15, -0.1) is 0 Å². The first-order valence-corrected chi connectivity index (χ1v) is 10.3. The number of amides is 1. The van der Waals surface area contributed by atoms with Gasteiger partial charge in [-0.2, -0.15) is 0 Å². The normalized spacial score (nSPS) is 11.9. The molecule has 1 aromatic heterocycles. The van der Waals surface area contributed by atoms with Crippen molar-refractivity contribution in [1.82, 2.24) is 19.2 Å². The number of sulfonamides is 1. The molecule has 0 saturated carbocycles. The van der Waals surface area contributed by atoms with E-state index in [-0.39, 0.29) is 17.3 Å². The lowest BCUT2D eigenvalue weighted by Gasteiger charge is -2.16. The molecule has 8 heteroatoms. The van der Waals surface area contributed by atoms with Gasteiger partial charge in [-0.1, -0.05) is 12.1 Å². The highest BCUT2D eigenvalue weighted by Crippen LogP contribution is 2.23. The average molecular weight is 401 g/mol. The van der Waals surface area contributed by atoms with Gasteiger partial charge in [-0.05, 0) is 49.2 Å². The van der Waals surface area contributed by atoms with Crippen LogP contribution in [0.1, 0.15) is 27.3 Å². The number of nitrogens with one attached hydrogen (secondary N) is 1. The molecule has 0 bridgehead atoms. The molecule has 0 saturated heterocycles. The van der Waals surface area contributed by atoms with Crippen LogP contribution >= 0.6 is 0 Å². The number of aryl methyl sites for hydroxylation is 2. The van der Waals surface area contributed by atoms with Crippen molar-refractivity contribution < 1.29 is 13.2 Å². The van der Waals surface area contributed by atoms with Crippen molar-refractivity contribution in [3.8, 4) is 0 Å². The fraction of sp³-hybridized carbons (Fsp3) is 0.300. The highest BCUT2D eigenvalue weighted by Gasteiger charge is 2.23. The highest BCUT2D eigenvalue weighted by atomic mass is 32.2. The monoisotopic (exact) mass is 400 g/mol. The summed E-state index contributed by atoms with van der Waals surface area (Å²) in [6.45, 7) is 3.78. The maximum atomic E-state index is 12.7. The van der Waals surface area contributed by atoms with Gasteiger partial charge < -0.3 is 9.88 Å². The largest absolute Gasteiger partial charge is 0.345 e. The summed E-state index contributed by atoms with van der Waals surface area (Å²) in [7, 11) is 1.21. The van der Waals surface area contributed by atoms with Crippen molar-refractivity contribution in [1.29, 1.82) is 0 Å². The van der Waals surface area contributed by atoms with Crippen LogP contribution in [0.2, 0.25) is 0 Å². The third-order valence-corrected chi connectivity index (χ3v) is 6.87. The summed E-state index contributed by atoms with van der Waals surface area (Å²) in [6, 6.07) is 10.9. The Hall–Kier alpha value is -2.71. The number of imidazole rings is 1. The minimum absolute atomic E-state index is 0.144. The molecule has 0 unspecified atom stereocenters. The van der Waals surface area contributed by atoms with Crippen LogP contribution in [-0.4, -0.2) is 42.3 Å². The van der Waals surface area contributed by atoms with Crippen molar-refractivity contribution in [2.75, 3.05) is 14.1 Å². The topological polar surface area (TPSA) is 84.3 Å². The molecular formula is C20H24N4O3S. The van der Waals surface area contributed by atoms with Crippen LogP contribution in [0, 0.1) is 13.8 Å². The zero-order valence-electron chi connectivity index (χ0n) is 16.6. The Kier molecular flexibility index (Phi) is 5.27. The van der Waals surface area contributed by atoms with E-state index in [0.717, 1.165) is 26.7 Å². The molecule has 0 aliphatic carbocycles. The first kappa shape index (κ1) is 20.0. The maximum absolute atomic E-state index is 12.7. The van der Waals surface area contributed by atoms with E-state index in [1.165, 1.54) is 20.2 Å². The zero-order chi connectivity index (χ0) is 20.6. The molecular weight excluding hydrogens is 376 g/mol. The average Bonchev–Trinajstić information content (AvgIpc) is 2.97. The first-order chi connectivity index (χ1) is 13.1. The van der Waals surface area contributed by atoms with Gasteiger partial charge in [0.2, 0.25) is 10.0 Å². The van der Waals surface area contributed by atoms with E-state index < -0.39 is 10.0 Å². The Morgan fingerprint density at radius 1 is 1.18 bits per heavy atom. The van der Waals surface area contributed by atoms with Gasteiger partial charge in [0, 0.05) is 26.7 Å². The van der Waals surface area contributed by atoms with Crippen molar-refractivity contribution in [3.63, 3.8) is 0 Å². The number of para-hydroxylation sites is 2. The van der Waals surface area contributed by atoms with Crippen LogP contribution in [0.4, 0.5) is 0 Å². The number of rotatable bonds is 5. The van der Waals surface area contributed by atoms with E-state index >= 15 is 0 Å². The lowest BCUT2D eigenvalue weighted by Crippen LogP contribution is -2.26. The van der Waals surface area contributed by atoms with Crippen LogP contribution in [0.25, 0.3) is 11.0 Å². The van der Waals surface area contributed by atoms with Gasteiger partial charge in [-0.25, -0.2) is 17.7 Å². The van der Waals surface area contributed by atoms with Gasteiger partial charge in [0.05, 0.1) is 22.5 Å². The second-order valence-electron chi connectivity index (χ2n) is 6.96. The molecule has 7 nitrogen and oxygen atoms in total. The lowest BCUT2D eigenvalue weighted by molar-refractivity contribution is 0.0949. The van der Waals surface area contributed by atoms with Crippen molar-refractivity contribution >= 4 is 27.0 Å². The van der Waals surface area contributed by atoms with Crippen molar-refractivity contribution in [3.05, 3.63) is 58.9 Å². The number of hydrogen-bond donors (Lipinski definition) is 1. The molecule has 1 amide bonds. The van der Waals surface area contributed by atoms with Gasteiger partial charge in [-0.3, -0.25) is 4.79 Å². The van der Waals surface area contributed by atoms with Gasteiger partial charge >= 0.3 is 0 Å². The molecule has 0 spiro atoms. The predicted octanol–water partition coefficient (Wildman–Crippen LogP) is 2.37. The molecule has 0 aliphatic heterocycles. The summed E-state index contributed by atoms with van der Waals surface area (Å²) in [5.74, 6) is 0.380. The molecule has 2 aromatic carbocycles. The van der Waals surface area contributed by atoms with E-state index in [1.54, 1.807) is 19.9 Å². The smallest absolute Gasteiger partial charge is 0.251 e. The summed E-state index contributed by atoms with van der Waals surface area (Å²) in [5, 5.41) is 2.84. The maximum Gasteiger partial charge on any atom is 0.251 e. The molecule has 0 aliphatic rings. The lowest BCUT2D eigenvalue weighted by atomic mass is 10.1. The Morgan fingerprint density at radius 3 is 2.50 bits per heavy atom. The van der Waals surface area contributed by atoms with E-state index in [0.29, 0.717) is 11.1 Å². The summed E-state index contributed by atoms with van der Waals surface area (Å²) >= 11 is 0. The molecule has 3 rings (SSSR count). The summed E-state index contributed by atoms with van der Waals surface area (Å²) in [6.07, 6.45) is 0. The zero-order valence-corrected chi connectivity index (χ0v) is 17.5. The van der Waals surface area contributed by atoms with E-state index in [9.17, 15) is 13.2 Å². The van der Waals surface area contributed by atoms with Crippen molar-refractivity contribution in [2.45, 2.75) is 25.3 Å². The Balaban J connectivity index is 1.88. The molecule has 0 radical (unpaired) electrons. The molecule has 28 heavy (non-hydrogen) atoms. The third-order valence-electron chi connectivity index (χ3n) is 4.93. The first-order valence-electron chi connectivity index (χ1n) is 8.85. The van der Waals surface area contributed by atoms with Crippen LogP contribution in [0.5, 0.6) is 0 Å². The van der Waals surface area contributed by atoms with Gasteiger partial charge in [0.1, 0.15) is 5.82 Å². The Morgan fingerprint density at radius 2 is 1.86 bits per heavy atom. The Bertz CT molecular complexity index is 1160. The van der Waals surface area contributed by atoms with Crippen LogP contribution < -0.4 is 5.32 Å². The van der Waals surface area contributed by atoms with E-state index in [4.69, 9.17) is 0 Å². The van der Waals surface area contributed by atoms with E-state index in [1.807, 2.05) is 35.9 Å². The quantitative estimate of drug-likeness (QED) is 0.713. The van der Waals surface area contributed by atoms with Crippen LogP contribution in [-0.2, 0) is 23.6 Å². The number of nitrogens with zero attached hydrogens (tertiary/aromatic N) is 3. The summed E-state index contributed by atoms with van der Waals surface area (Å²) in [5.41, 5.74) is 3.54. The fourth-order valence-electron chi connectivity index (χ4n) is 3.04. The highest BCUT2D eigenvalue weighted by molar-refractivity contribution is 7.89. The number of carbonyl (C=O) groups is 1. The second kappa shape index (κ2) is 7.37. The minimum atomic E-state index is -3.64. The van der Waals surface area contributed by atoms with Crippen molar-refractivity contribution in [2.24, 2.45) is 7.05 Å². The SMILES string of the molecule is Cc1cc(C(=O)NCc2nc3ccccc3n2C)cc(S(=O)(=O)N(C)C)c1C. The number of hydrogen-bond acceptors (Lipinski definition) is 4. The molecule has 3 aromatic rings. The van der Waals surface area contributed by atoms with Gasteiger partial charge in [0.25, 0.3) is 5.91 Å². The number of carbonyl (C=O) groups excluding carboxylic acids is 1. The molecule has 1 N–H and O–H groups in total. The number of aromatic nitrogens is 2. The molecule has 1 heterocycles. The second-order valence-corrected chi connectivity index (χ2v) is 9.08. The van der Waals surface area contributed by atoms with Gasteiger partial charge in [0.15, 0.2) is 0 Å². The Labute approximate surface area is 165 Å². The third kappa shape index (κ3) is 3.53. The predicted molar refractivity (Wildman–Crippen MR) is 109 cm³/mol. The number of fused-ring (bicyclic) bond motifs is 1. The van der Waals surface area contributed by atoms with E-state index in [2.05, 4.69) is 10.3 Å². The fourth-order valence-corrected chi connectivity index (χ4v) is 4.25. The van der Waals surface area contributed by atoms with Crippen LogP contribution in [0.3, 0.4) is 0 Å². The standard InChI is InChI=1S/C20H24N4O3S/c1-13-10-15(11-18(14(13)2)28(26,27)23(3)4)20(25)21-12-19-22-16-8-6-7-9-17(16)24(19)5/h6-11H,12H2,1-5H3,(H,21,25). The molecule has 148 valence electrons. The number of benzene rings is 2. The molecule has 0 atom stereocenters. The molecule has 0 fully saturated rings.